The molecule has 0 amide bonds. The highest BCUT2D eigenvalue weighted by molar-refractivity contribution is 5.21. The zero-order valence-corrected chi connectivity index (χ0v) is 12.8. The first-order chi connectivity index (χ1) is 9.72. The van der Waals surface area contributed by atoms with Gasteiger partial charge >= 0.3 is 0 Å². The van der Waals surface area contributed by atoms with Gasteiger partial charge in [-0.1, -0.05) is 13.0 Å². The number of hydrogen-bond acceptors (Lipinski definition) is 4. The summed E-state index contributed by atoms with van der Waals surface area (Å²) in [5, 5.41) is 3.59. The maximum absolute atomic E-state index is 6.20. The Kier molecular flexibility index (Phi) is 5.52. The number of nitrogens with zero attached hydrogens (tertiary/aromatic N) is 1. The summed E-state index contributed by atoms with van der Waals surface area (Å²) in [5.74, 6) is 0. The van der Waals surface area contributed by atoms with E-state index in [2.05, 4.69) is 36.3 Å². The van der Waals surface area contributed by atoms with Crippen molar-refractivity contribution < 1.29 is 9.47 Å². The molecule has 1 fully saturated rings. The van der Waals surface area contributed by atoms with Crippen molar-refractivity contribution in [2.75, 3.05) is 26.4 Å². The van der Waals surface area contributed by atoms with Crippen LogP contribution >= 0.6 is 0 Å². The molecule has 1 N–H and O–H groups in total. The van der Waals surface area contributed by atoms with Gasteiger partial charge in [0, 0.05) is 44.6 Å². The fourth-order valence-corrected chi connectivity index (χ4v) is 2.98. The second kappa shape index (κ2) is 7.16. The normalized spacial score (nSPS) is 19.8. The molecule has 0 radical (unpaired) electrons. The zero-order chi connectivity index (χ0) is 14.4. The molecule has 1 saturated heterocycles. The molecule has 0 aliphatic carbocycles. The molecule has 1 aliphatic rings. The first-order valence-corrected chi connectivity index (χ1v) is 7.59. The Morgan fingerprint density at radius 1 is 1.35 bits per heavy atom. The maximum Gasteiger partial charge on any atom is 0.0920 e. The average molecular weight is 278 g/mol. The van der Waals surface area contributed by atoms with E-state index in [9.17, 15) is 0 Å². The van der Waals surface area contributed by atoms with Gasteiger partial charge in [0.05, 0.1) is 11.6 Å². The van der Waals surface area contributed by atoms with Crippen molar-refractivity contribution in [2.24, 2.45) is 0 Å². The third kappa shape index (κ3) is 3.37. The van der Waals surface area contributed by atoms with Crippen LogP contribution in [0.15, 0.2) is 18.3 Å². The van der Waals surface area contributed by atoms with Crippen LogP contribution in [0.5, 0.6) is 0 Å². The summed E-state index contributed by atoms with van der Waals surface area (Å²) in [5.41, 5.74) is 2.06. The van der Waals surface area contributed by atoms with Gasteiger partial charge in [0.1, 0.15) is 0 Å². The average Bonchev–Trinajstić information content (AvgIpc) is 2.47. The van der Waals surface area contributed by atoms with Gasteiger partial charge in [-0.2, -0.15) is 0 Å². The van der Waals surface area contributed by atoms with Crippen LogP contribution in [-0.4, -0.2) is 37.0 Å². The van der Waals surface area contributed by atoms with Crippen LogP contribution in [0.25, 0.3) is 0 Å². The molecule has 2 rings (SSSR count). The number of rotatable bonds is 6. The first kappa shape index (κ1) is 15.4. The molecule has 1 atom stereocenters. The third-order valence-corrected chi connectivity index (χ3v) is 3.97. The third-order valence-electron chi connectivity index (χ3n) is 3.97. The molecule has 20 heavy (non-hydrogen) atoms. The number of aryl methyl sites for hydroxylation is 1. The lowest BCUT2D eigenvalue weighted by molar-refractivity contribution is -0.127. The van der Waals surface area contributed by atoms with Crippen LogP contribution in [0.1, 0.15) is 44.0 Å². The van der Waals surface area contributed by atoms with Gasteiger partial charge in [-0.15, -0.1) is 0 Å². The highest BCUT2D eigenvalue weighted by atomic mass is 16.5. The summed E-state index contributed by atoms with van der Waals surface area (Å²) >= 11 is 0. The topological polar surface area (TPSA) is 43.4 Å². The monoisotopic (exact) mass is 278 g/mol. The van der Waals surface area contributed by atoms with E-state index in [1.165, 1.54) is 5.56 Å². The van der Waals surface area contributed by atoms with Crippen LogP contribution in [0.2, 0.25) is 0 Å². The molecular formula is C16H26N2O2. The highest BCUT2D eigenvalue weighted by Crippen LogP contribution is 2.37. The molecule has 1 unspecified atom stereocenters. The molecule has 1 aliphatic heterocycles. The van der Waals surface area contributed by atoms with E-state index in [-0.39, 0.29) is 11.6 Å². The lowest BCUT2D eigenvalue weighted by Crippen LogP contribution is -2.50. The van der Waals surface area contributed by atoms with Gasteiger partial charge in [-0.3, -0.25) is 4.98 Å². The zero-order valence-electron chi connectivity index (χ0n) is 12.8. The smallest absolute Gasteiger partial charge is 0.0920 e. The van der Waals surface area contributed by atoms with E-state index in [1.54, 1.807) is 0 Å². The van der Waals surface area contributed by atoms with Crippen LogP contribution in [0.3, 0.4) is 0 Å². The summed E-state index contributed by atoms with van der Waals surface area (Å²) in [6.45, 7) is 9.37. The van der Waals surface area contributed by atoms with E-state index in [0.29, 0.717) is 0 Å². The first-order valence-electron chi connectivity index (χ1n) is 7.59. The van der Waals surface area contributed by atoms with E-state index in [0.717, 1.165) is 44.9 Å². The Balaban J connectivity index is 2.30. The minimum absolute atomic E-state index is 0.171. The van der Waals surface area contributed by atoms with Crippen molar-refractivity contribution in [3.05, 3.63) is 29.6 Å². The molecule has 4 nitrogen and oxygen atoms in total. The molecule has 0 spiro atoms. The Morgan fingerprint density at radius 2 is 2.10 bits per heavy atom. The fraction of sp³-hybridized carbons (Fsp3) is 0.688. The minimum Gasteiger partial charge on any atom is -0.381 e. The molecular weight excluding hydrogens is 252 g/mol. The summed E-state index contributed by atoms with van der Waals surface area (Å²) in [7, 11) is 0. The summed E-state index contributed by atoms with van der Waals surface area (Å²) in [6, 6.07) is 4.40. The fourth-order valence-electron chi connectivity index (χ4n) is 2.98. The second-order valence-corrected chi connectivity index (χ2v) is 5.33. The lowest BCUT2D eigenvalue weighted by atomic mass is 9.82. The van der Waals surface area contributed by atoms with Crippen molar-refractivity contribution in [3.63, 3.8) is 0 Å². The maximum atomic E-state index is 6.20. The van der Waals surface area contributed by atoms with Crippen molar-refractivity contribution in [2.45, 2.75) is 45.3 Å². The predicted molar refractivity (Wildman–Crippen MR) is 79.8 cm³/mol. The van der Waals surface area contributed by atoms with Crippen molar-refractivity contribution in [3.8, 4) is 0 Å². The van der Waals surface area contributed by atoms with Crippen LogP contribution in [-0.2, 0) is 9.47 Å². The number of pyridine rings is 1. The predicted octanol–water partition coefficient (Wildman–Crippen LogP) is 2.63. The molecule has 1 aromatic heterocycles. The SMILES string of the molecule is CCNC(c1ccc(C)nc1)C1(OCC)CCOCC1. The standard InChI is InChI=1S/C16H26N2O2/c1-4-17-15(14-7-6-13(3)18-12-14)16(20-5-2)8-10-19-11-9-16/h6-7,12,15,17H,4-5,8-11H2,1-3H3. The van der Waals surface area contributed by atoms with Crippen molar-refractivity contribution >= 4 is 0 Å². The Hall–Kier alpha value is -0.970. The van der Waals surface area contributed by atoms with Gasteiger partial charge in [-0.25, -0.2) is 0 Å². The van der Waals surface area contributed by atoms with Gasteiger partial charge in [0.25, 0.3) is 0 Å². The number of likely N-dealkylation sites (N-methyl/N-ethyl adjacent to an activating group) is 1. The van der Waals surface area contributed by atoms with Gasteiger partial charge in [0.15, 0.2) is 0 Å². The minimum atomic E-state index is -0.181. The molecule has 4 heteroatoms. The van der Waals surface area contributed by atoms with Crippen molar-refractivity contribution in [1.82, 2.24) is 10.3 Å². The quantitative estimate of drug-likeness (QED) is 0.868. The van der Waals surface area contributed by atoms with E-state index in [1.807, 2.05) is 13.1 Å². The van der Waals surface area contributed by atoms with E-state index >= 15 is 0 Å². The molecule has 0 saturated carbocycles. The van der Waals surface area contributed by atoms with Crippen LogP contribution < -0.4 is 5.32 Å². The molecule has 1 aromatic rings. The van der Waals surface area contributed by atoms with Crippen LogP contribution in [0.4, 0.5) is 0 Å². The highest BCUT2D eigenvalue weighted by Gasteiger charge is 2.41. The Bertz CT molecular complexity index is 394. The molecule has 2 heterocycles. The number of hydrogen-bond donors (Lipinski definition) is 1. The van der Waals surface area contributed by atoms with Crippen molar-refractivity contribution in [1.29, 1.82) is 0 Å². The van der Waals surface area contributed by atoms with Gasteiger partial charge < -0.3 is 14.8 Å². The Labute approximate surface area is 121 Å². The van der Waals surface area contributed by atoms with Crippen LogP contribution in [0, 0.1) is 6.92 Å². The largest absolute Gasteiger partial charge is 0.381 e. The summed E-state index contributed by atoms with van der Waals surface area (Å²) < 4.78 is 11.7. The summed E-state index contributed by atoms with van der Waals surface area (Å²) in [6.07, 6.45) is 3.82. The lowest BCUT2D eigenvalue weighted by Gasteiger charge is -2.43. The molecule has 112 valence electrons. The summed E-state index contributed by atoms with van der Waals surface area (Å²) in [4.78, 5) is 4.44. The molecule has 0 bridgehead atoms. The number of aromatic nitrogens is 1. The van der Waals surface area contributed by atoms with Gasteiger partial charge in [0.2, 0.25) is 0 Å². The second-order valence-electron chi connectivity index (χ2n) is 5.33. The molecule has 0 aromatic carbocycles. The number of nitrogens with one attached hydrogen (secondary N) is 1. The Morgan fingerprint density at radius 3 is 2.65 bits per heavy atom. The van der Waals surface area contributed by atoms with Gasteiger partial charge in [-0.05, 0) is 32.0 Å². The van der Waals surface area contributed by atoms with E-state index in [4.69, 9.17) is 9.47 Å². The number of ether oxygens (including phenoxy) is 2. The van der Waals surface area contributed by atoms with E-state index < -0.39 is 0 Å².